The van der Waals surface area contributed by atoms with E-state index < -0.39 is 23.0 Å². The second-order valence-electron chi connectivity index (χ2n) is 5.78. The molecule has 0 saturated carbocycles. The van der Waals surface area contributed by atoms with Gasteiger partial charge in [-0.2, -0.15) is 0 Å². The topological polar surface area (TPSA) is 107 Å². The maximum absolute atomic E-state index is 12.0. The Morgan fingerprint density at radius 3 is 2.36 bits per heavy atom. The lowest BCUT2D eigenvalue weighted by Crippen LogP contribution is -2.19. The highest BCUT2D eigenvalue weighted by atomic mass is 32.2. The van der Waals surface area contributed by atoms with Crippen LogP contribution in [0.1, 0.15) is 10.4 Å². The predicted molar refractivity (Wildman–Crippen MR) is 106 cm³/mol. The van der Waals surface area contributed by atoms with Crippen LogP contribution in [0.4, 0.5) is 11.4 Å². The van der Waals surface area contributed by atoms with Gasteiger partial charge in [-0.25, -0.2) is 13.3 Å². The van der Waals surface area contributed by atoms with Crippen molar-refractivity contribution in [3.05, 3.63) is 72.3 Å². The molecule has 0 aliphatic rings. The van der Waals surface area contributed by atoms with Crippen molar-refractivity contribution in [2.45, 2.75) is 0 Å². The molecule has 0 aliphatic heterocycles. The van der Waals surface area contributed by atoms with E-state index in [2.05, 4.69) is 0 Å². The van der Waals surface area contributed by atoms with E-state index >= 15 is 0 Å². The quantitative estimate of drug-likeness (QED) is 0.540. The van der Waals surface area contributed by atoms with Crippen molar-refractivity contribution in [1.82, 2.24) is 0 Å². The Kier molecular flexibility index (Phi) is 5.62. The highest BCUT2D eigenvalue weighted by Crippen LogP contribution is 2.35. The monoisotopic (exact) mass is 399 g/mol. The van der Waals surface area contributed by atoms with E-state index in [0.29, 0.717) is 11.4 Å². The molecule has 144 valence electrons. The fourth-order valence-corrected chi connectivity index (χ4v) is 3.43. The number of phenols is 1. The summed E-state index contributed by atoms with van der Waals surface area (Å²) in [4.78, 5) is 11.1. The Balaban J connectivity index is 2.08. The molecular formula is C20H17NO6S. The van der Waals surface area contributed by atoms with Crippen molar-refractivity contribution in [2.24, 2.45) is 0 Å². The molecule has 0 spiro atoms. The van der Waals surface area contributed by atoms with E-state index in [4.69, 9.17) is 9.84 Å². The zero-order valence-corrected chi connectivity index (χ0v) is 15.6. The highest BCUT2D eigenvalue weighted by Gasteiger charge is 2.19. The molecule has 28 heavy (non-hydrogen) atoms. The van der Waals surface area contributed by atoms with Crippen molar-refractivity contribution >= 4 is 28.6 Å². The van der Waals surface area contributed by atoms with E-state index in [9.17, 15) is 18.7 Å². The Morgan fingerprint density at radius 2 is 1.71 bits per heavy atom. The molecule has 1 unspecified atom stereocenters. The van der Waals surface area contributed by atoms with Crippen LogP contribution in [-0.2, 0) is 11.3 Å². The van der Waals surface area contributed by atoms with E-state index in [1.807, 2.05) is 30.3 Å². The van der Waals surface area contributed by atoms with Crippen molar-refractivity contribution in [3.8, 4) is 22.6 Å². The van der Waals surface area contributed by atoms with Crippen LogP contribution in [0.15, 0.2) is 66.7 Å². The Morgan fingerprint density at radius 1 is 1.00 bits per heavy atom. The zero-order valence-electron chi connectivity index (χ0n) is 14.8. The van der Waals surface area contributed by atoms with Gasteiger partial charge in [0.15, 0.2) is 0 Å². The second kappa shape index (κ2) is 8.12. The lowest BCUT2D eigenvalue weighted by molar-refractivity contribution is 0.0694. The third-order valence-electron chi connectivity index (χ3n) is 4.10. The molecule has 0 amide bonds. The number of methoxy groups -OCH3 is 1. The normalized spacial score (nSPS) is 11.6. The predicted octanol–water partition coefficient (Wildman–Crippen LogP) is 4.04. The summed E-state index contributed by atoms with van der Waals surface area (Å²) >= 11 is -2.46. The number of hydrogen-bond donors (Lipinski definition) is 3. The first-order valence-electron chi connectivity index (χ1n) is 8.13. The third-order valence-corrected chi connectivity index (χ3v) is 4.84. The number of carboxylic acid groups (broad SMARTS) is 1. The number of rotatable bonds is 6. The van der Waals surface area contributed by atoms with Crippen LogP contribution in [0, 0.1) is 0 Å². The van der Waals surface area contributed by atoms with Crippen LogP contribution in [0.2, 0.25) is 0 Å². The average molecular weight is 399 g/mol. The van der Waals surface area contributed by atoms with Gasteiger partial charge >= 0.3 is 5.97 Å². The summed E-state index contributed by atoms with van der Waals surface area (Å²) in [5.74, 6) is -1.14. The van der Waals surface area contributed by atoms with Crippen molar-refractivity contribution in [2.75, 3.05) is 11.4 Å². The minimum atomic E-state index is -2.46. The second-order valence-corrected chi connectivity index (χ2v) is 6.61. The summed E-state index contributed by atoms with van der Waals surface area (Å²) in [7, 11) is 1.56. The number of ether oxygens (including phenoxy) is 1. The fraction of sp³-hybridized carbons (Fsp3) is 0.0500. The standard InChI is InChI=1S/C20H17NO6S/c1-27-19-8-3-2-7-16(19)13-5-4-6-14(11-13)21(28(25)26)15-9-10-17(20(23)24)18(22)12-15/h2-12,22H,1H3,(H,23,24)(H,25,26). The SMILES string of the molecule is COc1ccccc1-c1cccc(N(c2ccc(C(=O)O)c(O)c2)S(=O)O)c1. The molecule has 0 fully saturated rings. The largest absolute Gasteiger partial charge is 0.507 e. The van der Waals surface area contributed by atoms with Gasteiger partial charge in [0.05, 0.1) is 18.5 Å². The number of anilines is 2. The van der Waals surface area contributed by atoms with E-state index in [1.54, 1.807) is 25.3 Å². The smallest absolute Gasteiger partial charge is 0.339 e. The molecule has 3 N–H and O–H groups in total. The summed E-state index contributed by atoms with van der Waals surface area (Å²) in [5.41, 5.74) is 1.82. The first-order valence-corrected chi connectivity index (χ1v) is 9.19. The summed E-state index contributed by atoms with van der Waals surface area (Å²) in [5, 5.41) is 19.0. The molecular weight excluding hydrogens is 382 g/mol. The molecule has 0 bridgehead atoms. The molecule has 0 aliphatic carbocycles. The number of aromatic hydroxyl groups is 1. The summed E-state index contributed by atoms with van der Waals surface area (Å²) in [6.07, 6.45) is 0. The fourth-order valence-electron chi connectivity index (χ4n) is 2.84. The Bertz CT molecular complexity index is 1050. The molecule has 3 rings (SSSR count). The van der Waals surface area contributed by atoms with E-state index in [-0.39, 0.29) is 11.3 Å². The van der Waals surface area contributed by atoms with Crippen LogP contribution in [-0.4, -0.2) is 32.1 Å². The van der Waals surface area contributed by atoms with Crippen molar-refractivity contribution in [3.63, 3.8) is 0 Å². The number of aromatic carboxylic acids is 1. The van der Waals surface area contributed by atoms with Crippen molar-refractivity contribution in [1.29, 1.82) is 0 Å². The highest BCUT2D eigenvalue weighted by molar-refractivity contribution is 7.81. The number of para-hydroxylation sites is 1. The molecule has 0 radical (unpaired) electrons. The first kappa shape index (κ1) is 19.4. The average Bonchev–Trinajstić information content (AvgIpc) is 2.68. The molecule has 8 heteroatoms. The van der Waals surface area contributed by atoms with Gasteiger partial charge in [-0.15, -0.1) is 0 Å². The lowest BCUT2D eigenvalue weighted by atomic mass is 10.0. The van der Waals surface area contributed by atoms with Gasteiger partial charge in [0, 0.05) is 11.6 Å². The van der Waals surface area contributed by atoms with Crippen LogP contribution in [0.3, 0.4) is 0 Å². The van der Waals surface area contributed by atoms with Gasteiger partial charge in [-0.1, -0.05) is 30.3 Å². The lowest BCUT2D eigenvalue weighted by Gasteiger charge is -2.21. The molecule has 0 saturated heterocycles. The van der Waals surface area contributed by atoms with Crippen LogP contribution in [0.5, 0.6) is 11.5 Å². The van der Waals surface area contributed by atoms with E-state index in [1.165, 1.54) is 12.1 Å². The summed E-state index contributed by atoms with van der Waals surface area (Å²) in [6.45, 7) is 0. The van der Waals surface area contributed by atoms with Crippen LogP contribution >= 0.6 is 0 Å². The molecule has 0 heterocycles. The summed E-state index contributed by atoms with van der Waals surface area (Å²) < 4.78 is 28.3. The van der Waals surface area contributed by atoms with Gasteiger partial charge in [0.25, 0.3) is 11.3 Å². The van der Waals surface area contributed by atoms with Gasteiger partial charge in [-0.3, -0.25) is 4.55 Å². The van der Waals surface area contributed by atoms with Crippen LogP contribution in [0.25, 0.3) is 11.1 Å². The maximum atomic E-state index is 12.0. The van der Waals surface area contributed by atoms with Gasteiger partial charge < -0.3 is 14.9 Å². The molecule has 7 nitrogen and oxygen atoms in total. The number of carbonyl (C=O) groups is 1. The van der Waals surface area contributed by atoms with Gasteiger partial charge in [-0.05, 0) is 35.9 Å². The van der Waals surface area contributed by atoms with Gasteiger partial charge in [0.1, 0.15) is 17.1 Å². The van der Waals surface area contributed by atoms with Crippen molar-refractivity contribution < 1.29 is 28.5 Å². The molecule has 1 atom stereocenters. The molecule has 0 aromatic heterocycles. The maximum Gasteiger partial charge on any atom is 0.339 e. The third kappa shape index (κ3) is 3.83. The number of benzene rings is 3. The number of carboxylic acids is 1. The molecule has 3 aromatic rings. The Labute approximate surface area is 163 Å². The number of hydrogen-bond acceptors (Lipinski definition) is 4. The first-order chi connectivity index (χ1) is 13.4. The zero-order chi connectivity index (χ0) is 20.3. The van der Waals surface area contributed by atoms with Gasteiger partial charge in [0.2, 0.25) is 0 Å². The minimum absolute atomic E-state index is 0.167. The summed E-state index contributed by atoms with van der Waals surface area (Å²) in [6, 6.07) is 17.9. The minimum Gasteiger partial charge on any atom is -0.507 e. The Hall–Kier alpha value is -3.36. The van der Waals surface area contributed by atoms with Crippen LogP contribution < -0.4 is 9.04 Å². The number of nitrogens with zero attached hydrogens (tertiary/aromatic N) is 1. The van der Waals surface area contributed by atoms with E-state index in [0.717, 1.165) is 21.5 Å². The molecule has 3 aromatic carbocycles.